The molecule has 0 saturated carbocycles. The molecule has 7 nitrogen and oxygen atoms in total. The summed E-state index contributed by atoms with van der Waals surface area (Å²) in [6, 6.07) is 5.08. The third kappa shape index (κ3) is 4.17. The fourth-order valence-corrected chi connectivity index (χ4v) is 4.87. The molecule has 0 bridgehead atoms. The standard InChI is InChI=1S/C21H31N5O2/c1-4-23(13-18-3-9-28-17-18)16-21-12-19(22-26(21)5-1)14-24-6-2-20(15-24)25-7-10-27-11-8-25/h3,9,12,17,20H,1-2,4-8,10-11,13-16H2. The number of likely N-dealkylation sites (tertiary alicyclic amines) is 1. The van der Waals surface area contributed by atoms with Crippen molar-refractivity contribution in [3.63, 3.8) is 0 Å². The molecule has 0 aromatic carbocycles. The molecule has 0 spiro atoms. The van der Waals surface area contributed by atoms with Crippen molar-refractivity contribution in [2.75, 3.05) is 45.9 Å². The Morgan fingerprint density at radius 3 is 2.82 bits per heavy atom. The van der Waals surface area contributed by atoms with E-state index in [2.05, 4.69) is 31.5 Å². The van der Waals surface area contributed by atoms with Gasteiger partial charge in [-0.2, -0.15) is 5.10 Å². The zero-order valence-electron chi connectivity index (χ0n) is 16.6. The number of nitrogens with zero attached hydrogens (tertiary/aromatic N) is 5. The van der Waals surface area contributed by atoms with Crippen LogP contribution in [0.3, 0.4) is 0 Å². The van der Waals surface area contributed by atoms with Crippen LogP contribution >= 0.6 is 0 Å². The van der Waals surface area contributed by atoms with E-state index in [0.717, 1.165) is 72.0 Å². The van der Waals surface area contributed by atoms with Crippen molar-refractivity contribution in [1.29, 1.82) is 0 Å². The number of aryl methyl sites for hydroxylation is 1. The molecule has 0 radical (unpaired) electrons. The molecule has 2 fully saturated rings. The van der Waals surface area contributed by atoms with E-state index in [1.165, 1.54) is 29.9 Å². The molecule has 5 rings (SSSR count). The summed E-state index contributed by atoms with van der Waals surface area (Å²) in [6.07, 6.45) is 6.03. The van der Waals surface area contributed by atoms with Crippen molar-refractivity contribution in [3.8, 4) is 0 Å². The van der Waals surface area contributed by atoms with Gasteiger partial charge in [-0.3, -0.25) is 19.4 Å². The van der Waals surface area contributed by atoms with Crippen LogP contribution in [0.2, 0.25) is 0 Å². The number of furan rings is 1. The highest BCUT2D eigenvalue weighted by Crippen LogP contribution is 2.21. The molecule has 3 aliphatic rings. The van der Waals surface area contributed by atoms with E-state index in [0.29, 0.717) is 6.04 Å². The smallest absolute Gasteiger partial charge is 0.0947 e. The van der Waals surface area contributed by atoms with Crippen molar-refractivity contribution in [2.24, 2.45) is 0 Å². The Labute approximate surface area is 166 Å². The van der Waals surface area contributed by atoms with Crippen LogP contribution in [0.25, 0.3) is 0 Å². The molecule has 0 N–H and O–H groups in total. The minimum Gasteiger partial charge on any atom is -0.472 e. The summed E-state index contributed by atoms with van der Waals surface area (Å²) in [4.78, 5) is 7.69. The first-order valence-electron chi connectivity index (χ1n) is 10.7. The lowest BCUT2D eigenvalue weighted by Gasteiger charge is -2.32. The predicted molar refractivity (Wildman–Crippen MR) is 106 cm³/mol. The van der Waals surface area contributed by atoms with Crippen LogP contribution in [-0.2, 0) is 30.9 Å². The highest BCUT2D eigenvalue weighted by atomic mass is 16.5. The van der Waals surface area contributed by atoms with E-state index < -0.39 is 0 Å². The Morgan fingerprint density at radius 2 is 1.96 bits per heavy atom. The molecular weight excluding hydrogens is 354 g/mol. The lowest BCUT2D eigenvalue weighted by molar-refractivity contribution is 0.0183. The predicted octanol–water partition coefficient (Wildman–Crippen LogP) is 1.79. The maximum absolute atomic E-state index is 5.50. The molecule has 1 atom stereocenters. The fourth-order valence-electron chi connectivity index (χ4n) is 4.87. The molecule has 28 heavy (non-hydrogen) atoms. The molecule has 7 heteroatoms. The van der Waals surface area contributed by atoms with Crippen molar-refractivity contribution < 1.29 is 9.15 Å². The quantitative estimate of drug-likeness (QED) is 0.782. The van der Waals surface area contributed by atoms with Gasteiger partial charge >= 0.3 is 0 Å². The summed E-state index contributed by atoms with van der Waals surface area (Å²) >= 11 is 0. The minimum atomic E-state index is 0.690. The van der Waals surface area contributed by atoms with Gasteiger partial charge in [-0.15, -0.1) is 0 Å². The normalized spacial score (nSPS) is 25.1. The van der Waals surface area contributed by atoms with Gasteiger partial charge in [0.05, 0.1) is 37.1 Å². The van der Waals surface area contributed by atoms with Crippen LogP contribution in [0.15, 0.2) is 29.1 Å². The second-order valence-corrected chi connectivity index (χ2v) is 8.37. The van der Waals surface area contributed by atoms with E-state index >= 15 is 0 Å². The number of fused-ring (bicyclic) bond motifs is 1. The first-order valence-corrected chi connectivity index (χ1v) is 10.7. The number of rotatable bonds is 5. The molecule has 2 aromatic rings. The lowest BCUT2D eigenvalue weighted by Crippen LogP contribution is -2.44. The van der Waals surface area contributed by atoms with Crippen LogP contribution < -0.4 is 0 Å². The summed E-state index contributed by atoms with van der Waals surface area (Å²) in [6.45, 7) is 11.3. The summed E-state index contributed by atoms with van der Waals surface area (Å²) in [5, 5.41) is 4.94. The van der Waals surface area contributed by atoms with Gasteiger partial charge in [-0.25, -0.2) is 0 Å². The molecule has 5 heterocycles. The van der Waals surface area contributed by atoms with Crippen molar-refractivity contribution in [1.82, 2.24) is 24.5 Å². The Hall–Kier alpha value is -1.67. The molecule has 2 saturated heterocycles. The van der Waals surface area contributed by atoms with Crippen molar-refractivity contribution in [3.05, 3.63) is 41.6 Å². The average molecular weight is 386 g/mol. The molecule has 2 aromatic heterocycles. The second kappa shape index (κ2) is 8.37. The second-order valence-electron chi connectivity index (χ2n) is 8.37. The summed E-state index contributed by atoms with van der Waals surface area (Å²) < 4.78 is 13.0. The number of aromatic nitrogens is 2. The van der Waals surface area contributed by atoms with Crippen LogP contribution in [0.5, 0.6) is 0 Å². The maximum atomic E-state index is 5.50. The van der Waals surface area contributed by atoms with Crippen molar-refractivity contribution in [2.45, 2.75) is 45.1 Å². The van der Waals surface area contributed by atoms with Gasteiger partial charge in [0.2, 0.25) is 0 Å². The number of ether oxygens (including phenoxy) is 1. The Balaban J connectivity index is 1.19. The SMILES string of the molecule is c1cc(CN2CCCn3nc(CN4CCC(N5CCOCC5)C4)cc3C2)co1. The Kier molecular flexibility index (Phi) is 5.49. The number of hydrogen-bond donors (Lipinski definition) is 0. The van der Waals surface area contributed by atoms with E-state index in [-0.39, 0.29) is 0 Å². The molecule has 0 amide bonds. The number of hydrogen-bond acceptors (Lipinski definition) is 6. The third-order valence-corrected chi connectivity index (χ3v) is 6.33. The summed E-state index contributed by atoms with van der Waals surface area (Å²) in [7, 11) is 0. The molecule has 3 aliphatic heterocycles. The van der Waals surface area contributed by atoms with E-state index in [1.54, 1.807) is 6.26 Å². The van der Waals surface area contributed by atoms with Gasteiger partial charge in [0.1, 0.15) is 0 Å². The molecule has 152 valence electrons. The average Bonchev–Trinajstić information content (AvgIpc) is 3.44. The first-order chi connectivity index (χ1) is 13.8. The molecule has 1 unspecified atom stereocenters. The van der Waals surface area contributed by atoms with Gasteiger partial charge in [-0.05, 0) is 25.0 Å². The van der Waals surface area contributed by atoms with Gasteiger partial charge in [-0.1, -0.05) is 0 Å². The highest BCUT2D eigenvalue weighted by Gasteiger charge is 2.29. The highest BCUT2D eigenvalue weighted by molar-refractivity contribution is 5.13. The Morgan fingerprint density at radius 1 is 1.04 bits per heavy atom. The van der Waals surface area contributed by atoms with Gasteiger partial charge in [0.15, 0.2) is 0 Å². The topological polar surface area (TPSA) is 49.9 Å². The first kappa shape index (κ1) is 18.4. The van der Waals surface area contributed by atoms with E-state index in [9.17, 15) is 0 Å². The van der Waals surface area contributed by atoms with Crippen LogP contribution in [0.1, 0.15) is 29.8 Å². The zero-order valence-corrected chi connectivity index (χ0v) is 16.6. The summed E-state index contributed by atoms with van der Waals surface area (Å²) in [5.74, 6) is 0. The monoisotopic (exact) mass is 385 g/mol. The molecular formula is C21H31N5O2. The van der Waals surface area contributed by atoms with Crippen molar-refractivity contribution >= 4 is 0 Å². The van der Waals surface area contributed by atoms with Gasteiger partial charge in [0.25, 0.3) is 0 Å². The van der Waals surface area contributed by atoms with E-state index in [1.807, 2.05) is 6.26 Å². The minimum absolute atomic E-state index is 0.690. The maximum Gasteiger partial charge on any atom is 0.0947 e. The van der Waals surface area contributed by atoms with Crippen LogP contribution in [0.4, 0.5) is 0 Å². The van der Waals surface area contributed by atoms with Crippen LogP contribution in [0, 0.1) is 0 Å². The third-order valence-electron chi connectivity index (χ3n) is 6.33. The fraction of sp³-hybridized carbons (Fsp3) is 0.667. The largest absolute Gasteiger partial charge is 0.472 e. The van der Waals surface area contributed by atoms with Gasteiger partial charge in [0, 0.05) is 70.5 Å². The van der Waals surface area contributed by atoms with Gasteiger partial charge < -0.3 is 9.15 Å². The van der Waals surface area contributed by atoms with Crippen LogP contribution in [-0.4, -0.2) is 76.5 Å². The zero-order chi connectivity index (χ0) is 18.8. The van der Waals surface area contributed by atoms with E-state index in [4.69, 9.17) is 14.3 Å². The summed E-state index contributed by atoms with van der Waals surface area (Å²) in [5.41, 5.74) is 3.82. The Bertz CT molecular complexity index is 753. The number of morpholine rings is 1. The molecule has 0 aliphatic carbocycles. The lowest BCUT2D eigenvalue weighted by atomic mass is 10.2.